The molecule has 4 heteroatoms. The highest BCUT2D eigenvalue weighted by atomic mass is 32.2. The average Bonchev–Trinajstić information content (AvgIpc) is 2.14. The van der Waals surface area contributed by atoms with Gasteiger partial charge in [-0.15, -0.1) is 0 Å². The Kier molecular flexibility index (Phi) is 5.92. The van der Waals surface area contributed by atoms with Crippen LogP contribution in [-0.4, -0.2) is 21.8 Å². The average molecular weight is 253 g/mol. The summed E-state index contributed by atoms with van der Waals surface area (Å²) in [6, 6.07) is 2.18. The van der Waals surface area contributed by atoms with Gasteiger partial charge in [0.2, 0.25) is 0 Å². The molecule has 0 aliphatic rings. The molecule has 0 saturated carbocycles. The first-order chi connectivity index (χ1) is 7.97. The fourth-order valence-corrected chi connectivity index (χ4v) is 2.49. The third kappa shape index (κ3) is 6.03. The quantitative estimate of drug-likeness (QED) is 0.846. The molecule has 1 rings (SSSR count). The summed E-state index contributed by atoms with van der Waals surface area (Å²) < 4.78 is 0. The molecule has 1 atom stereocenters. The maximum Gasteiger partial charge on any atom is 0.138 e. The van der Waals surface area contributed by atoms with Crippen LogP contribution in [0.4, 0.5) is 0 Å². The number of rotatable bonds is 6. The number of hydrogen-bond acceptors (Lipinski definition) is 4. The fourth-order valence-electron chi connectivity index (χ4n) is 1.58. The molecule has 96 valence electrons. The Morgan fingerprint density at radius 3 is 2.59 bits per heavy atom. The summed E-state index contributed by atoms with van der Waals surface area (Å²) in [6.45, 7) is 8.48. The molecule has 0 spiro atoms. The number of nitrogens with two attached hydrogens (primary N) is 1. The molecule has 0 fully saturated rings. The Balaban J connectivity index is 2.62. The minimum absolute atomic E-state index is 0.153. The van der Waals surface area contributed by atoms with Crippen LogP contribution in [0.15, 0.2) is 6.07 Å². The third-order valence-corrected chi connectivity index (χ3v) is 3.53. The van der Waals surface area contributed by atoms with E-state index >= 15 is 0 Å². The Labute approximate surface area is 109 Å². The van der Waals surface area contributed by atoms with E-state index in [1.54, 1.807) is 0 Å². The molecule has 0 radical (unpaired) electrons. The van der Waals surface area contributed by atoms with Crippen LogP contribution in [0.25, 0.3) is 0 Å². The highest BCUT2D eigenvalue weighted by Gasteiger charge is 2.05. The molecule has 1 aromatic heterocycles. The van der Waals surface area contributed by atoms with Gasteiger partial charge in [-0.05, 0) is 31.6 Å². The highest BCUT2D eigenvalue weighted by Crippen LogP contribution is 2.13. The molecular formula is C13H23N3S. The predicted molar refractivity (Wildman–Crippen MR) is 75.1 cm³/mol. The third-order valence-electron chi connectivity index (χ3n) is 2.17. The minimum Gasteiger partial charge on any atom is -0.328 e. The van der Waals surface area contributed by atoms with Crippen molar-refractivity contribution in [3.63, 3.8) is 0 Å². The van der Waals surface area contributed by atoms with E-state index in [4.69, 9.17) is 5.73 Å². The first-order valence-electron chi connectivity index (χ1n) is 6.14. The molecule has 0 aliphatic carbocycles. The van der Waals surface area contributed by atoms with Gasteiger partial charge in [-0.2, -0.15) is 11.8 Å². The van der Waals surface area contributed by atoms with Crippen molar-refractivity contribution < 1.29 is 0 Å². The van der Waals surface area contributed by atoms with E-state index in [-0.39, 0.29) is 6.04 Å². The van der Waals surface area contributed by atoms with Crippen LogP contribution >= 0.6 is 11.8 Å². The molecule has 17 heavy (non-hydrogen) atoms. The van der Waals surface area contributed by atoms with Crippen molar-refractivity contribution in [3.05, 3.63) is 23.3 Å². The normalized spacial score (nSPS) is 13.1. The predicted octanol–water partition coefficient (Wildman–Crippen LogP) is 2.56. The van der Waals surface area contributed by atoms with Gasteiger partial charge in [0.25, 0.3) is 0 Å². The topological polar surface area (TPSA) is 51.8 Å². The van der Waals surface area contributed by atoms with Crippen molar-refractivity contribution in [2.75, 3.05) is 5.75 Å². The van der Waals surface area contributed by atoms with E-state index < -0.39 is 0 Å². The van der Waals surface area contributed by atoms with E-state index in [1.165, 1.54) is 0 Å². The molecule has 0 saturated heterocycles. The molecule has 0 bridgehead atoms. The van der Waals surface area contributed by atoms with E-state index in [0.29, 0.717) is 5.92 Å². The van der Waals surface area contributed by atoms with Crippen molar-refractivity contribution in [1.82, 2.24) is 9.97 Å². The number of thioether (sulfide) groups is 1. The van der Waals surface area contributed by atoms with Crippen LogP contribution in [0.2, 0.25) is 0 Å². The summed E-state index contributed by atoms with van der Waals surface area (Å²) in [5, 5.41) is 0. The number of aromatic nitrogens is 2. The van der Waals surface area contributed by atoms with Crippen molar-refractivity contribution >= 4 is 11.8 Å². The molecule has 3 nitrogen and oxygen atoms in total. The monoisotopic (exact) mass is 253 g/mol. The summed E-state index contributed by atoms with van der Waals surface area (Å²) in [4.78, 5) is 9.02. The van der Waals surface area contributed by atoms with E-state index in [2.05, 4.69) is 23.8 Å². The number of aryl methyl sites for hydroxylation is 1. The smallest absolute Gasteiger partial charge is 0.138 e. The van der Waals surface area contributed by atoms with Gasteiger partial charge in [0.1, 0.15) is 5.82 Å². The zero-order valence-electron chi connectivity index (χ0n) is 11.2. The number of hydrogen-bond donors (Lipinski definition) is 1. The lowest BCUT2D eigenvalue weighted by Gasteiger charge is -2.08. The maximum atomic E-state index is 5.80. The Bertz CT molecular complexity index is 351. The van der Waals surface area contributed by atoms with Crippen LogP contribution in [0.1, 0.15) is 38.0 Å². The lowest BCUT2D eigenvalue weighted by Crippen LogP contribution is -2.19. The van der Waals surface area contributed by atoms with Crippen molar-refractivity contribution in [2.24, 2.45) is 11.7 Å². The second kappa shape index (κ2) is 6.97. The molecule has 0 aliphatic heterocycles. The van der Waals surface area contributed by atoms with E-state index in [1.807, 2.05) is 31.7 Å². The van der Waals surface area contributed by atoms with Gasteiger partial charge in [0.05, 0.1) is 5.75 Å². The summed E-state index contributed by atoms with van der Waals surface area (Å²) >= 11 is 1.89. The van der Waals surface area contributed by atoms with Gasteiger partial charge in [0.15, 0.2) is 0 Å². The summed E-state index contributed by atoms with van der Waals surface area (Å²) in [7, 11) is 0. The molecular weight excluding hydrogens is 230 g/mol. The standard InChI is InChI=1S/C13H23N3S/c1-9(2)7-17-8-13-15-11(4)6-12(16-13)5-10(3)14/h6,9-10H,5,7-8,14H2,1-4H3. The summed E-state index contributed by atoms with van der Waals surface area (Å²) in [6.07, 6.45) is 0.825. The SMILES string of the molecule is Cc1cc(CC(C)N)nc(CSCC(C)C)n1. The number of nitrogens with zero attached hydrogens (tertiary/aromatic N) is 2. The van der Waals surface area contributed by atoms with Gasteiger partial charge >= 0.3 is 0 Å². The Morgan fingerprint density at radius 1 is 1.29 bits per heavy atom. The Hall–Kier alpha value is -0.610. The minimum atomic E-state index is 0.153. The van der Waals surface area contributed by atoms with Gasteiger partial charge in [-0.3, -0.25) is 0 Å². The molecule has 0 amide bonds. The molecule has 1 heterocycles. The molecule has 1 unspecified atom stereocenters. The van der Waals surface area contributed by atoms with Crippen LogP contribution in [0.5, 0.6) is 0 Å². The fraction of sp³-hybridized carbons (Fsp3) is 0.692. The zero-order valence-corrected chi connectivity index (χ0v) is 12.0. The van der Waals surface area contributed by atoms with Crippen molar-refractivity contribution in [1.29, 1.82) is 0 Å². The molecule has 0 aromatic carbocycles. The van der Waals surface area contributed by atoms with Crippen LogP contribution in [0, 0.1) is 12.8 Å². The lowest BCUT2D eigenvalue weighted by molar-refractivity contribution is 0.713. The lowest BCUT2D eigenvalue weighted by atomic mass is 10.2. The Morgan fingerprint density at radius 2 is 2.00 bits per heavy atom. The summed E-state index contributed by atoms with van der Waals surface area (Å²) in [5.74, 6) is 3.70. The van der Waals surface area contributed by atoms with E-state index in [0.717, 1.165) is 35.1 Å². The van der Waals surface area contributed by atoms with Gasteiger partial charge in [-0.25, -0.2) is 9.97 Å². The summed E-state index contributed by atoms with van der Waals surface area (Å²) in [5.41, 5.74) is 7.90. The second-order valence-electron chi connectivity index (χ2n) is 5.01. The largest absolute Gasteiger partial charge is 0.328 e. The first kappa shape index (κ1) is 14.5. The molecule has 1 aromatic rings. The van der Waals surface area contributed by atoms with Gasteiger partial charge in [0, 0.05) is 23.9 Å². The first-order valence-corrected chi connectivity index (χ1v) is 7.29. The van der Waals surface area contributed by atoms with E-state index in [9.17, 15) is 0 Å². The highest BCUT2D eigenvalue weighted by molar-refractivity contribution is 7.98. The van der Waals surface area contributed by atoms with Crippen molar-refractivity contribution in [3.8, 4) is 0 Å². The van der Waals surface area contributed by atoms with Crippen LogP contribution in [-0.2, 0) is 12.2 Å². The van der Waals surface area contributed by atoms with Crippen molar-refractivity contribution in [2.45, 2.75) is 45.9 Å². The second-order valence-corrected chi connectivity index (χ2v) is 6.04. The maximum absolute atomic E-state index is 5.80. The molecule has 2 N–H and O–H groups in total. The zero-order chi connectivity index (χ0) is 12.8. The van der Waals surface area contributed by atoms with Crippen LogP contribution in [0.3, 0.4) is 0 Å². The van der Waals surface area contributed by atoms with Gasteiger partial charge < -0.3 is 5.73 Å². The van der Waals surface area contributed by atoms with Crippen LogP contribution < -0.4 is 5.73 Å². The van der Waals surface area contributed by atoms with Gasteiger partial charge in [-0.1, -0.05) is 13.8 Å².